The second kappa shape index (κ2) is 6.84. The van der Waals surface area contributed by atoms with Gasteiger partial charge in [0.25, 0.3) is 0 Å². The molecule has 3 aromatic rings. The van der Waals surface area contributed by atoms with Crippen molar-refractivity contribution in [3.8, 4) is 11.1 Å². The summed E-state index contributed by atoms with van der Waals surface area (Å²) in [6.45, 7) is 2.38. The van der Waals surface area contributed by atoms with Gasteiger partial charge in [-0.05, 0) is 31.2 Å². The standard InChI is InChI=1S/C18H18N2O2S2/c1-14-9-10-16(23-14)13-20(2)24(21,22)18-8-4-3-7-17(18)15-6-5-11-19-12-15/h3-12H,13H2,1-2H3. The Kier molecular flexibility index (Phi) is 4.80. The molecule has 1 aromatic carbocycles. The van der Waals surface area contributed by atoms with E-state index in [1.54, 1.807) is 49.0 Å². The molecule has 0 radical (unpaired) electrons. The van der Waals surface area contributed by atoms with Crippen molar-refractivity contribution in [2.24, 2.45) is 0 Å². The van der Waals surface area contributed by atoms with Crippen molar-refractivity contribution in [2.45, 2.75) is 18.4 Å². The summed E-state index contributed by atoms with van der Waals surface area (Å²) in [4.78, 5) is 6.59. The van der Waals surface area contributed by atoms with Gasteiger partial charge in [-0.25, -0.2) is 8.42 Å². The maximum Gasteiger partial charge on any atom is 0.243 e. The average Bonchev–Trinajstić information content (AvgIpc) is 3.00. The normalized spacial score (nSPS) is 11.8. The lowest BCUT2D eigenvalue weighted by Gasteiger charge is -2.18. The summed E-state index contributed by atoms with van der Waals surface area (Å²) in [5, 5.41) is 0. The fourth-order valence-electron chi connectivity index (χ4n) is 2.49. The minimum atomic E-state index is -3.59. The number of nitrogens with zero attached hydrogens (tertiary/aromatic N) is 2. The van der Waals surface area contributed by atoms with Crippen LogP contribution in [-0.4, -0.2) is 24.8 Å². The number of hydrogen-bond acceptors (Lipinski definition) is 4. The molecule has 0 atom stereocenters. The number of pyridine rings is 1. The Morgan fingerprint density at radius 3 is 2.54 bits per heavy atom. The second-order valence-electron chi connectivity index (χ2n) is 5.51. The molecule has 0 saturated carbocycles. The second-order valence-corrected chi connectivity index (χ2v) is 8.90. The molecule has 124 valence electrons. The molecule has 0 amide bonds. The van der Waals surface area contributed by atoms with E-state index in [1.807, 2.05) is 37.3 Å². The van der Waals surface area contributed by atoms with Crippen molar-refractivity contribution in [1.82, 2.24) is 9.29 Å². The zero-order chi connectivity index (χ0) is 17.2. The lowest BCUT2D eigenvalue weighted by molar-refractivity contribution is 0.470. The average molecular weight is 358 g/mol. The first kappa shape index (κ1) is 16.8. The highest BCUT2D eigenvalue weighted by Gasteiger charge is 2.24. The summed E-state index contributed by atoms with van der Waals surface area (Å²) < 4.78 is 27.5. The molecule has 0 fully saturated rings. The summed E-state index contributed by atoms with van der Waals surface area (Å²) in [6.07, 6.45) is 3.35. The summed E-state index contributed by atoms with van der Waals surface area (Å²) in [5.41, 5.74) is 1.46. The zero-order valence-corrected chi connectivity index (χ0v) is 15.1. The molecule has 0 N–H and O–H groups in total. The highest BCUT2D eigenvalue weighted by atomic mass is 32.2. The molecule has 6 heteroatoms. The van der Waals surface area contributed by atoms with Gasteiger partial charge >= 0.3 is 0 Å². The predicted molar refractivity (Wildman–Crippen MR) is 97.4 cm³/mol. The molecule has 2 heterocycles. The van der Waals surface area contributed by atoms with Crippen LogP contribution in [0.3, 0.4) is 0 Å². The highest BCUT2D eigenvalue weighted by molar-refractivity contribution is 7.89. The van der Waals surface area contributed by atoms with Gasteiger partial charge in [-0.1, -0.05) is 24.3 Å². The fourth-order valence-corrected chi connectivity index (χ4v) is 4.88. The van der Waals surface area contributed by atoms with Crippen molar-refractivity contribution in [1.29, 1.82) is 0 Å². The van der Waals surface area contributed by atoms with Crippen LogP contribution >= 0.6 is 11.3 Å². The van der Waals surface area contributed by atoms with E-state index in [0.717, 1.165) is 10.4 Å². The quantitative estimate of drug-likeness (QED) is 0.694. The first-order valence-electron chi connectivity index (χ1n) is 7.49. The summed E-state index contributed by atoms with van der Waals surface area (Å²) in [7, 11) is -1.98. The van der Waals surface area contributed by atoms with Gasteiger partial charge in [0.15, 0.2) is 0 Å². The van der Waals surface area contributed by atoms with Gasteiger partial charge in [0.05, 0.1) is 4.90 Å². The van der Waals surface area contributed by atoms with E-state index in [0.29, 0.717) is 17.0 Å². The Hall–Kier alpha value is -2.02. The van der Waals surface area contributed by atoms with E-state index in [9.17, 15) is 8.42 Å². The monoisotopic (exact) mass is 358 g/mol. The number of hydrogen-bond donors (Lipinski definition) is 0. The Morgan fingerprint density at radius 2 is 1.88 bits per heavy atom. The lowest BCUT2D eigenvalue weighted by atomic mass is 10.1. The van der Waals surface area contributed by atoms with Crippen LogP contribution in [0.2, 0.25) is 0 Å². The van der Waals surface area contributed by atoms with Crippen molar-refractivity contribution in [3.63, 3.8) is 0 Å². The first-order valence-corrected chi connectivity index (χ1v) is 9.75. The Morgan fingerprint density at radius 1 is 1.08 bits per heavy atom. The molecule has 0 aliphatic rings. The first-order chi connectivity index (χ1) is 11.5. The number of sulfonamides is 1. The predicted octanol–water partition coefficient (Wildman–Crippen LogP) is 3.94. The molecule has 24 heavy (non-hydrogen) atoms. The van der Waals surface area contributed by atoms with E-state index in [-0.39, 0.29) is 0 Å². The topological polar surface area (TPSA) is 50.3 Å². The van der Waals surface area contributed by atoms with Gasteiger partial charge in [0.1, 0.15) is 0 Å². The molecule has 0 unspecified atom stereocenters. The number of benzene rings is 1. The molecule has 2 aromatic heterocycles. The Bertz CT molecular complexity index is 934. The van der Waals surface area contributed by atoms with Gasteiger partial charge in [0.2, 0.25) is 10.0 Å². The van der Waals surface area contributed by atoms with Crippen LogP contribution in [0.15, 0.2) is 65.8 Å². The van der Waals surface area contributed by atoms with Crippen molar-refractivity contribution >= 4 is 21.4 Å². The van der Waals surface area contributed by atoms with Crippen LogP contribution in [-0.2, 0) is 16.6 Å². The van der Waals surface area contributed by atoms with E-state index < -0.39 is 10.0 Å². The molecule has 3 rings (SSSR count). The van der Waals surface area contributed by atoms with Crippen molar-refractivity contribution in [3.05, 3.63) is 70.7 Å². The van der Waals surface area contributed by atoms with Gasteiger partial charge < -0.3 is 0 Å². The van der Waals surface area contributed by atoms with Crippen LogP contribution in [0.25, 0.3) is 11.1 Å². The van der Waals surface area contributed by atoms with Gasteiger partial charge in [-0.2, -0.15) is 4.31 Å². The smallest absolute Gasteiger partial charge is 0.243 e. The molecule has 0 saturated heterocycles. The molecular formula is C18H18N2O2S2. The largest absolute Gasteiger partial charge is 0.264 e. The molecule has 0 bridgehead atoms. The van der Waals surface area contributed by atoms with E-state index >= 15 is 0 Å². The maximum atomic E-state index is 13.0. The maximum absolute atomic E-state index is 13.0. The third-order valence-electron chi connectivity index (χ3n) is 3.72. The number of aryl methyl sites for hydroxylation is 1. The minimum absolute atomic E-state index is 0.300. The Labute approximate surface area is 146 Å². The molecule has 0 spiro atoms. The van der Waals surface area contributed by atoms with Crippen molar-refractivity contribution < 1.29 is 8.42 Å². The SMILES string of the molecule is Cc1ccc(CN(C)S(=O)(=O)c2ccccc2-c2cccnc2)s1. The van der Waals surface area contributed by atoms with Gasteiger partial charge in [-0.15, -0.1) is 11.3 Å². The summed E-state index contributed by atoms with van der Waals surface area (Å²) >= 11 is 1.61. The number of aromatic nitrogens is 1. The van der Waals surface area contributed by atoms with Crippen LogP contribution in [0.5, 0.6) is 0 Å². The van der Waals surface area contributed by atoms with E-state index in [4.69, 9.17) is 0 Å². The van der Waals surface area contributed by atoms with Crippen LogP contribution in [0, 0.1) is 6.92 Å². The van der Waals surface area contributed by atoms with Crippen LogP contribution in [0.1, 0.15) is 9.75 Å². The summed E-state index contributed by atoms with van der Waals surface area (Å²) in [6, 6.07) is 14.7. The fraction of sp³-hybridized carbons (Fsp3) is 0.167. The van der Waals surface area contributed by atoms with Gasteiger partial charge in [0, 0.05) is 46.9 Å². The number of thiophene rings is 1. The van der Waals surface area contributed by atoms with E-state index in [2.05, 4.69) is 4.98 Å². The van der Waals surface area contributed by atoms with E-state index in [1.165, 1.54) is 9.18 Å². The summed E-state index contributed by atoms with van der Waals surface area (Å²) in [5.74, 6) is 0. The molecule has 0 aliphatic carbocycles. The van der Waals surface area contributed by atoms with Crippen molar-refractivity contribution in [2.75, 3.05) is 7.05 Å². The van der Waals surface area contributed by atoms with Gasteiger partial charge in [-0.3, -0.25) is 4.98 Å². The highest BCUT2D eigenvalue weighted by Crippen LogP contribution is 2.29. The molecule has 0 aliphatic heterocycles. The zero-order valence-electron chi connectivity index (χ0n) is 13.5. The lowest BCUT2D eigenvalue weighted by Crippen LogP contribution is -2.26. The minimum Gasteiger partial charge on any atom is -0.264 e. The third kappa shape index (κ3) is 3.40. The van der Waals surface area contributed by atoms with Crippen LogP contribution < -0.4 is 0 Å². The Balaban J connectivity index is 1.98. The third-order valence-corrected chi connectivity index (χ3v) is 6.57. The molecular weight excluding hydrogens is 340 g/mol. The van der Waals surface area contributed by atoms with Crippen LogP contribution in [0.4, 0.5) is 0 Å². The molecule has 4 nitrogen and oxygen atoms in total. The number of rotatable bonds is 5.